The highest BCUT2D eigenvalue weighted by molar-refractivity contribution is 6.58. The van der Waals surface area contributed by atoms with Crippen LogP contribution in [0.1, 0.15) is 5.89 Å². The number of nitrogens with zero attached hydrogens (tertiary/aromatic N) is 1. The summed E-state index contributed by atoms with van der Waals surface area (Å²) in [5.74, 6) is -0.286. The Balaban J connectivity index is 2.71. The van der Waals surface area contributed by atoms with E-state index >= 15 is 0 Å². The van der Waals surface area contributed by atoms with Crippen molar-refractivity contribution in [3.63, 3.8) is 0 Å². The van der Waals surface area contributed by atoms with Gasteiger partial charge < -0.3 is 14.5 Å². The number of benzene rings is 1. The Morgan fingerprint density at radius 2 is 2.14 bits per heavy atom. The summed E-state index contributed by atoms with van der Waals surface area (Å²) < 4.78 is 18.3. The monoisotopic (exact) mass is 195 g/mol. The zero-order valence-electron chi connectivity index (χ0n) is 7.36. The molecule has 6 heteroatoms. The summed E-state index contributed by atoms with van der Waals surface area (Å²) in [6.07, 6.45) is 0. The lowest BCUT2D eigenvalue weighted by atomic mass is 9.80. The lowest BCUT2D eigenvalue weighted by molar-refractivity contribution is 0.425. The van der Waals surface area contributed by atoms with E-state index in [0.717, 1.165) is 6.07 Å². The van der Waals surface area contributed by atoms with Crippen molar-refractivity contribution in [1.82, 2.24) is 4.98 Å². The smallest absolute Gasteiger partial charge is 0.441 e. The second-order valence-electron chi connectivity index (χ2n) is 2.96. The quantitative estimate of drug-likeness (QED) is 0.626. The van der Waals surface area contributed by atoms with Crippen LogP contribution in [0.3, 0.4) is 0 Å². The van der Waals surface area contributed by atoms with Crippen molar-refractivity contribution >= 4 is 23.7 Å². The molecule has 0 saturated heterocycles. The van der Waals surface area contributed by atoms with Crippen molar-refractivity contribution in [3.05, 3.63) is 23.8 Å². The Kier molecular flexibility index (Phi) is 2.01. The Labute approximate surface area is 79.1 Å². The van der Waals surface area contributed by atoms with Crippen LogP contribution in [-0.2, 0) is 0 Å². The fraction of sp³-hybridized carbons (Fsp3) is 0.125. The number of aromatic nitrogens is 1. The van der Waals surface area contributed by atoms with Gasteiger partial charge in [0.25, 0.3) is 0 Å². The van der Waals surface area contributed by atoms with Gasteiger partial charge in [-0.3, -0.25) is 0 Å². The van der Waals surface area contributed by atoms with Crippen LogP contribution >= 0.6 is 0 Å². The van der Waals surface area contributed by atoms with Crippen LogP contribution in [0, 0.1) is 12.7 Å². The van der Waals surface area contributed by atoms with E-state index < -0.39 is 12.9 Å². The average molecular weight is 195 g/mol. The molecule has 0 aliphatic carbocycles. The number of aryl methyl sites for hydroxylation is 1. The van der Waals surface area contributed by atoms with Crippen LogP contribution < -0.4 is 5.46 Å². The topological polar surface area (TPSA) is 66.5 Å². The number of rotatable bonds is 1. The number of halogens is 1. The first-order chi connectivity index (χ1) is 6.58. The second-order valence-corrected chi connectivity index (χ2v) is 2.96. The van der Waals surface area contributed by atoms with Crippen LogP contribution in [0.4, 0.5) is 4.39 Å². The van der Waals surface area contributed by atoms with Gasteiger partial charge in [0.15, 0.2) is 17.3 Å². The minimum absolute atomic E-state index is 0.0474. The van der Waals surface area contributed by atoms with Crippen LogP contribution in [0.15, 0.2) is 16.5 Å². The van der Waals surface area contributed by atoms with E-state index in [0.29, 0.717) is 5.89 Å². The summed E-state index contributed by atoms with van der Waals surface area (Å²) in [7, 11) is -1.71. The first-order valence-corrected chi connectivity index (χ1v) is 4.00. The Morgan fingerprint density at radius 1 is 1.43 bits per heavy atom. The predicted molar refractivity (Wildman–Crippen MR) is 48.5 cm³/mol. The lowest BCUT2D eigenvalue weighted by Gasteiger charge is -1.98. The molecule has 1 aromatic heterocycles. The molecular formula is C8H7BFNO3. The highest BCUT2D eigenvalue weighted by atomic mass is 19.1. The van der Waals surface area contributed by atoms with Gasteiger partial charge in [0.2, 0.25) is 0 Å². The summed E-state index contributed by atoms with van der Waals surface area (Å²) >= 11 is 0. The number of fused-ring (bicyclic) bond motifs is 1. The molecule has 2 rings (SSSR count). The van der Waals surface area contributed by atoms with Crippen molar-refractivity contribution in [2.24, 2.45) is 0 Å². The Bertz CT molecular complexity index is 483. The molecule has 4 nitrogen and oxygen atoms in total. The normalized spacial score (nSPS) is 10.9. The third-order valence-electron chi connectivity index (χ3n) is 1.88. The maximum Gasteiger partial charge on any atom is 0.488 e. The van der Waals surface area contributed by atoms with Crippen molar-refractivity contribution in [1.29, 1.82) is 0 Å². The van der Waals surface area contributed by atoms with Gasteiger partial charge in [-0.1, -0.05) is 0 Å². The zero-order valence-corrected chi connectivity index (χ0v) is 7.36. The van der Waals surface area contributed by atoms with Crippen molar-refractivity contribution in [2.75, 3.05) is 0 Å². The summed E-state index contributed by atoms with van der Waals surface area (Å²) in [6, 6.07) is 2.37. The third kappa shape index (κ3) is 1.38. The maximum atomic E-state index is 13.3. The number of hydrogen-bond acceptors (Lipinski definition) is 4. The van der Waals surface area contributed by atoms with Crippen molar-refractivity contribution in [3.8, 4) is 0 Å². The van der Waals surface area contributed by atoms with Crippen LogP contribution in [0.25, 0.3) is 11.1 Å². The van der Waals surface area contributed by atoms with E-state index in [2.05, 4.69) is 4.98 Å². The van der Waals surface area contributed by atoms with Gasteiger partial charge in [-0.05, 0) is 17.6 Å². The van der Waals surface area contributed by atoms with E-state index in [-0.39, 0.29) is 16.6 Å². The Morgan fingerprint density at radius 3 is 2.79 bits per heavy atom. The largest absolute Gasteiger partial charge is 0.488 e. The average Bonchev–Trinajstić information content (AvgIpc) is 2.45. The van der Waals surface area contributed by atoms with Gasteiger partial charge in [-0.25, -0.2) is 9.37 Å². The van der Waals surface area contributed by atoms with Crippen LogP contribution in [-0.4, -0.2) is 22.2 Å². The molecule has 2 N–H and O–H groups in total. The van der Waals surface area contributed by atoms with Gasteiger partial charge >= 0.3 is 7.12 Å². The molecule has 0 saturated carbocycles. The highest BCUT2D eigenvalue weighted by Gasteiger charge is 2.16. The first-order valence-electron chi connectivity index (χ1n) is 4.00. The zero-order chi connectivity index (χ0) is 10.3. The Hall–Kier alpha value is -1.40. The molecule has 0 radical (unpaired) electrons. The molecular weight excluding hydrogens is 188 g/mol. The maximum absolute atomic E-state index is 13.3. The third-order valence-corrected chi connectivity index (χ3v) is 1.88. The fourth-order valence-corrected chi connectivity index (χ4v) is 1.27. The van der Waals surface area contributed by atoms with Gasteiger partial charge in [-0.15, -0.1) is 0 Å². The SMILES string of the molecule is Cc1nc2c(F)cc(B(O)O)cc2o1. The van der Waals surface area contributed by atoms with E-state index in [1.807, 2.05) is 0 Å². The molecule has 1 heterocycles. The molecule has 72 valence electrons. The molecule has 0 spiro atoms. The van der Waals surface area contributed by atoms with Gasteiger partial charge in [0, 0.05) is 6.92 Å². The minimum Gasteiger partial charge on any atom is -0.441 e. The molecule has 2 aromatic rings. The van der Waals surface area contributed by atoms with E-state index in [1.165, 1.54) is 6.07 Å². The van der Waals surface area contributed by atoms with E-state index in [4.69, 9.17) is 14.5 Å². The summed E-state index contributed by atoms with van der Waals surface area (Å²) in [6.45, 7) is 1.59. The summed E-state index contributed by atoms with van der Waals surface area (Å²) in [4.78, 5) is 3.81. The molecule has 0 bridgehead atoms. The number of hydrogen-bond donors (Lipinski definition) is 2. The molecule has 0 atom stereocenters. The van der Waals surface area contributed by atoms with Crippen LogP contribution in [0.2, 0.25) is 0 Å². The summed E-state index contributed by atoms with van der Waals surface area (Å²) in [5, 5.41) is 17.7. The minimum atomic E-state index is -1.71. The van der Waals surface area contributed by atoms with Gasteiger partial charge in [0.05, 0.1) is 0 Å². The molecule has 14 heavy (non-hydrogen) atoms. The standard InChI is InChI=1S/C8H7BFNO3/c1-4-11-8-6(10)2-5(9(12)13)3-7(8)14-4/h2-3,12-13H,1H3. The fourth-order valence-electron chi connectivity index (χ4n) is 1.27. The van der Waals surface area contributed by atoms with Crippen LogP contribution in [0.5, 0.6) is 0 Å². The summed E-state index contributed by atoms with van der Waals surface area (Å²) in [5.41, 5.74) is 0.364. The molecule has 0 fully saturated rings. The second kappa shape index (κ2) is 3.07. The molecule has 0 aliphatic rings. The first kappa shape index (κ1) is 9.17. The van der Waals surface area contributed by atoms with Gasteiger partial charge in [-0.2, -0.15) is 0 Å². The molecule has 1 aromatic carbocycles. The molecule has 0 aliphatic heterocycles. The molecule has 0 unspecified atom stereocenters. The van der Waals surface area contributed by atoms with Crippen molar-refractivity contribution in [2.45, 2.75) is 6.92 Å². The van der Waals surface area contributed by atoms with E-state index in [1.54, 1.807) is 6.92 Å². The molecule has 0 amide bonds. The van der Waals surface area contributed by atoms with Gasteiger partial charge in [0.1, 0.15) is 5.52 Å². The van der Waals surface area contributed by atoms with E-state index in [9.17, 15) is 4.39 Å². The number of oxazole rings is 1. The predicted octanol–water partition coefficient (Wildman–Crippen LogP) is -0.0449. The highest BCUT2D eigenvalue weighted by Crippen LogP contribution is 2.16. The lowest BCUT2D eigenvalue weighted by Crippen LogP contribution is -2.29. The van der Waals surface area contributed by atoms with Crippen molar-refractivity contribution < 1.29 is 18.9 Å².